The van der Waals surface area contributed by atoms with Gasteiger partial charge in [0.15, 0.2) is 0 Å². The van der Waals surface area contributed by atoms with E-state index in [9.17, 15) is 8.42 Å². The van der Waals surface area contributed by atoms with Gasteiger partial charge in [-0.3, -0.25) is 0 Å². The third kappa shape index (κ3) is 3.62. The van der Waals surface area contributed by atoms with Crippen LogP contribution >= 0.6 is 0 Å². The Labute approximate surface area is 126 Å². The molecule has 0 saturated heterocycles. The number of rotatable bonds is 5. The number of sulfonamides is 1. The Balaban J connectivity index is 2.26. The Kier molecular flexibility index (Phi) is 4.65. The summed E-state index contributed by atoms with van der Waals surface area (Å²) in [5.74, 6) is 0. The van der Waals surface area contributed by atoms with E-state index in [-0.39, 0.29) is 10.9 Å². The van der Waals surface area contributed by atoms with Crippen LogP contribution < -0.4 is 10.0 Å². The van der Waals surface area contributed by atoms with Crippen molar-refractivity contribution in [2.45, 2.75) is 24.8 Å². The van der Waals surface area contributed by atoms with E-state index in [0.29, 0.717) is 5.69 Å². The first kappa shape index (κ1) is 15.5. The van der Waals surface area contributed by atoms with Crippen LogP contribution in [0.4, 0.5) is 5.69 Å². The maximum atomic E-state index is 12.5. The van der Waals surface area contributed by atoms with Crippen LogP contribution in [-0.2, 0) is 10.0 Å². The van der Waals surface area contributed by atoms with Crippen LogP contribution in [0.2, 0.25) is 0 Å². The topological polar surface area (TPSA) is 58.2 Å². The van der Waals surface area contributed by atoms with E-state index < -0.39 is 10.0 Å². The first-order valence-electron chi connectivity index (χ1n) is 6.79. The summed E-state index contributed by atoms with van der Waals surface area (Å²) in [6.07, 6.45) is 0. The van der Waals surface area contributed by atoms with Gasteiger partial charge in [-0.25, -0.2) is 13.1 Å². The summed E-state index contributed by atoms with van der Waals surface area (Å²) in [6, 6.07) is 14.4. The number of nitrogens with one attached hydrogen (secondary N) is 2. The van der Waals surface area contributed by atoms with Gasteiger partial charge in [-0.1, -0.05) is 42.0 Å². The predicted octanol–water partition coefficient (Wildman–Crippen LogP) is 3.08. The fourth-order valence-electron chi connectivity index (χ4n) is 2.13. The Hall–Kier alpha value is -1.85. The molecule has 0 saturated carbocycles. The molecular weight excluding hydrogens is 284 g/mol. The first-order valence-corrected chi connectivity index (χ1v) is 8.28. The lowest BCUT2D eigenvalue weighted by Crippen LogP contribution is -2.27. The molecule has 0 aliphatic carbocycles. The number of para-hydroxylation sites is 1. The van der Waals surface area contributed by atoms with Crippen molar-refractivity contribution in [1.82, 2.24) is 4.72 Å². The van der Waals surface area contributed by atoms with Gasteiger partial charge < -0.3 is 5.32 Å². The molecule has 1 unspecified atom stereocenters. The lowest BCUT2D eigenvalue weighted by molar-refractivity contribution is 0.567. The monoisotopic (exact) mass is 304 g/mol. The molecule has 4 nitrogen and oxygen atoms in total. The normalized spacial score (nSPS) is 12.9. The second kappa shape index (κ2) is 6.28. The van der Waals surface area contributed by atoms with Gasteiger partial charge in [-0.2, -0.15) is 0 Å². The molecular formula is C16H20N2O2S. The summed E-state index contributed by atoms with van der Waals surface area (Å²) < 4.78 is 27.7. The largest absolute Gasteiger partial charge is 0.387 e. The van der Waals surface area contributed by atoms with E-state index >= 15 is 0 Å². The lowest BCUT2D eigenvalue weighted by Gasteiger charge is -2.16. The molecule has 5 heteroatoms. The van der Waals surface area contributed by atoms with Gasteiger partial charge in [-0.05, 0) is 31.5 Å². The molecule has 0 fully saturated rings. The predicted molar refractivity (Wildman–Crippen MR) is 85.9 cm³/mol. The highest BCUT2D eigenvalue weighted by atomic mass is 32.2. The quantitative estimate of drug-likeness (QED) is 0.892. The standard InChI is InChI=1S/C16H20N2O2S/c1-12-8-10-14(11-9-12)13(2)18-21(19,20)16-7-5-4-6-15(16)17-3/h4-11,13,17-18H,1-3H3. The average molecular weight is 304 g/mol. The summed E-state index contributed by atoms with van der Waals surface area (Å²) >= 11 is 0. The molecule has 2 aromatic rings. The maximum absolute atomic E-state index is 12.5. The smallest absolute Gasteiger partial charge is 0.243 e. The molecule has 2 N–H and O–H groups in total. The minimum atomic E-state index is -3.57. The molecule has 0 aromatic heterocycles. The van der Waals surface area contributed by atoms with Crippen LogP contribution in [0.1, 0.15) is 24.1 Å². The van der Waals surface area contributed by atoms with Crippen LogP contribution in [0.3, 0.4) is 0 Å². The number of aryl methyl sites for hydroxylation is 1. The summed E-state index contributed by atoms with van der Waals surface area (Å²) in [6.45, 7) is 3.84. The molecule has 0 heterocycles. The first-order chi connectivity index (χ1) is 9.94. The van der Waals surface area contributed by atoms with Crippen molar-refractivity contribution in [3.8, 4) is 0 Å². The second-order valence-corrected chi connectivity index (χ2v) is 6.68. The molecule has 0 bridgehead atoms. The SMILES string of the molecule is CNc1ccccc1S(=O)(=O)NC(C)c1ccc(C)cc1. The molecule has 0 amide bonds. The molecule has 0 aliphatic rings. The molecule has 0 radical (unpaired) electrons. The molecule has 0 aliphatic heterocycles. The van der Waals surface area contributed by atoms with Crippen molar-refractivity contribution in [3.63, 3.8) is 0 Å². The third-order valence-electron chi connectivity index (χ3n) is 3.36. The van der Waals surface area contributed by atoms with Gasteiger partial charge in [0.1, 0.15) is 4.90 Å². The van der Waals surface area contributed by atoms with Crippen LogP contribution in [-0.4, -0.2) is 15.5 Å². The van der Waals surface area contributed by atoms with Crippen LogP contribution in [0, 0.1) is 6.92 Å². The molecule has 0 spiro atoms. The fourth-order valence-corrected chi connectivity index (χ4v) is 3.57. The van der Waals surface area contributed by atoms with Gasteiger partial charge in [0, 0.05) is 13.1 Å². The number of hydrogen-bond acceptors (Lipinski definition) is 3. The van der Waals surface area contributed by atoms with E-state index in [1.165, 1.54) is 0 Å². The summed E-state index contributed by atoms with van der Waals surface area (Å²) in [4.78, 5) is 0.256. The van der Waals surface area contributed by atoms with Crippen molar-refractivity contribution >= 4 is 15.7 Å². The van der Waals surface area contributed by atoms with Gasteiger partial charge in [-0.15, -0.1) is 0 Å². The van der Waals surface area contributed by atoms with Crippen LogP contribution in [0.15, 0.2) is 53.4 Å². The second-order valence-electron chi connectivity index (χ2n) is 5.00. The van der Waals surface area contributed by atoms with Crippen molar-refractivity contribution < 1.29 is 8.42 Å². The third-order valence-corrected chi connectivity index (χ3v) is 4.95. The van der Waals surface area contributed by atoms with E-state index in [2.05, 4.69) is 10.0 Å². The van der Waals surface area contributed by atoms with Crippen LogP contribution in [0.25, 0.3) is 0 Å². The van der Waals surface area contributed by atoms with Crippen molar-refractivity contribution in [1.29, 1.82) is 0 Å². The van der Waals surface area contributed by atoms with Gasteiger partial charge in [0.05, 0.1) is 5.69 Å². The number of benzene rings is 2. The molecule has 112 valence electrons. The van der Waals surface area contributed by atoms with Gasteiger partial charge >= 0.3 is 0 Å². The Bertz CT molecular complexity index is 709. The van der Waals surface area contributed by atoms with Crippen molar-refractivity contribution in [2.75, 3.05) is 12.4 Å². The zero-order valence-electron chi connectivity index (χ0n) is 12.4. The summed E-state index contributed by atoms with van der Waals surface area (Å²) in [5.41, 5.74) is 2.67. The zero-order chi connectivity index (χ0) is 15.5. The molecule has 2 aromatic carbocycles. The number of anilines is 1. The minimum absolute atomic E-state index is 0.256. The zero-order valence-corrected chi connectivity index (χ0v) is 13.2. The van der Waals surface area contributed by atoms with Crippen molar-refractivity contribution in [3.05, 3.63) is 59.7 Å². The Morgan fingerprint density at radius 1 is 1.00 bits per heavy atom. The highest BCUT2D eigenvalue weighted by Gasteiger charge is 2.20. The van der Waals surface area contributed by atoms with Gasteiger partial charge in [0.2, 0.25) is 10.0 Å². The molecule has 1 atom stereocenters. The highest BCUT2D eigenvalue weighted by molar-refractivity contribution is 7.89. The lowest BCUT2D eigenvalue weighted by atomic mass is 10.1. The van der Waals surface area contributed by atoms with E-state index in [1.807, 2.05) is 38.1 Å². The average Bonchev–Trinajstić information content (AvgIpc) is 2.47. The Morgan fingerprint density at radius 2 is 1.62 bits per heavy atom. The van der Waals surface area contributed by atoms with Gasteiger partial charge in [0.25, 0.3) is 0 Å². The highest BCUT2D eigenvalue weighted by Crippen LogP contribution is 2.23. The molecule has 21 heavy (non-hydrogen) atoms. The molecule has 2 rings (SSSR count). The Morgan fingerprint density at radius 3 is 2.24 bits per heavy atom. The summed E-state index contributed by atoms with van der Waals surface area (Å²) in [5, 5.41) is 2.90. The fraction of sp³-hybridized carbons (Fsp3) is 0.250. The van der Waals surface area contributed by atoms with E-state index in [0.717, 1.165) is 11.1 Å². The summed E-state index contributed by atoms with van der Waals surface area (Å²) in [7, 11) is -1.87. The minimum Gasteiger partial charge on any atom is -0.387 e. The van der Waals surface area contributed by atoms with E-state index in [4.69, 9.17) is 0 Å². The maximum Gasteiger partial charge on any atom is 0.243 e. The van der Waals surface area contributed by atoms with Crippen molar-refractivity contribution in [2.24, 2.45) is 0 Å². The van der Waals surface area contributed by atoms with E-state index in [1.54, 1.807) is 31.3 Å². The number of hydrogen-bond donors (Lipinski definition) is 2. The van der Waals surface area contributed by atoms with Crippen LogP contribution in [0.5, 0.6) is 0 Å².